The summed E-state index contributed by atoms with van der Waals surface area (Å²) >= 11 is 0. The highest BCUT2D eigenvalue weighted by molar-refractivity contribution is 5.85. The molecule has 0 radical (unpaired) electrons. The van der Waals surface area contributed by atoms with Crippen LogP contribution in [0.15, 0.2) is 0 Å². The standard InChI is InChI=1S/C17H33N3O.2ClH/c1-14(2)13-19-7-9-20(10-8-19)17(21)11-15(3)16-5-4-6-18-12-16;;/h14-16,18H,4-13H2,1-3H3;2*1H. The molecule has 2 heterocycles. The highest BCUT2D eigenvalue weighted by Crippen LogP contribution is 2.23. The first-order valence-corrected chi connectivity index (χ1v) is 8.77. The molecule has 0 aromatic rings. The smallest absolute Gasteiger partial charge is 0.222 e. The van der Waals surface area contributed by atoms with Gasteiger partial charge in [0.2, 0.25) is 5.91 Å². The average Bonchev–Trinajstić information content (AvgIpc) is 2.48. The fourth-order valence-corrected chi connectivity index (χ4v) is 3.63. The number of carbonyl (C=O) groups is 1. The van der Waals surface area contributed by atoms with Crippen LogP contribution in [0.4, 0.5) is 0 Å². The molecule has 2 saturated heterocycles. The molecule has 6 heteroatoms. The van der Waals surface area contributed by atoms with E-state index in [1.165, 1.54) is 12.8 Å². The Labute approximate surface area is 154 Å². The van der Waals surface area contributed by atoms with Crippen molar-refractivity contribution in [3.05, 3.63) is 0 Å². The van der Waals surface area contributed by atoms with Gasteiger partial charge in [0, 0.05) is 39.1 Å². The van der Waals surface area contributed by atoms with Gasteiger partial charge in [-0.3, -0.25) is 9.69 Å². The summed E-state index contributed by atoms with van der Waals surface area (Å²) in [4.78, 5) is 17.0. The molecule has 1 N–H and O–H groups in total. The molecule has 0 bridgehead atoms. The van der Waals surface area contributed by atoms with E-state index in [0.29, 0.717) is 23.7 Å². The molecule has 2 unspecified atom stereocenters. The molecule has 2 aliphatic rings. The molecule has 4 nitrogen and oxygen atoms in total. The van der Waals surface area contributed by atoms with Crippen molar-refractivity contribution in [2.45, 2.75) is 40.0 Å². The van der Waals surface area contributed by atoms with Gasteiger partial charge in [-0.25, -0.2) is 0 Å². The zero-order chi connectivity index (χ0) is 15.2. The molecule has 0 aromatic heterocycles. The van der Waals surface area contributed by atoms with Gasteiger partial charge >= 0.3 is 0 Å². The van der Waals surface area contributed by atoms with Gasteiger partial charge in [-0.05, 0) is 43.7 Å². The number of piperazine rings is 1. The Hall–Kier alpha value is -0.0300. The fourth-order valence-electron chi connectivity index (χ4n) is 3.63. The fraction of sp³-hybridized carbons (Fsp3) is 0.941. The highest BCUT2D eigenvalue weighted by Gasteiger charge is 2.26. The number of hydrogen-bond donors (Lipinski definition) is 1. The second-order valence-corrected chi connectivity index (χ2v) is 7.36. The van der Waals surface area contributed by atoms with Crippen molar-refractivity contribution in [3.63, 3.8) is 0 Å². The lowest BCUT2D eigenvalue weighted by molar-refractivity contribution is -0.134. The van der Waals surface area contributed by atoms with E-state index in [1.54, 1.807) is 0 Å². The van der Waals surface area contributed by atoms with Crippen LogP contribution in [-0.2, 0) is 4.79 Å². The summed E-state index contributed by atoms with van der Waals surface area (Å²) in [5.41, 5.74) is 0. The predicted molar refractivity (Wildman–Crippen MR) is 102 cm³/mol. The third kappa shape index (κ3) is 7.59. The molecule has 2 aliphatic heterocycles. The van der Waals surface area contributed by atoms with Crippen molar-refractivity contribution in [2.24, 2.45) is 17.8 Å². The number of piperidine rings is 1. The van der Waals surface area contributed by atoms with Crippen LogP contribution < -0.4 is 5.32 Å². The van der Waals surface area contributed by atoms with E-state index in [0.717, 1.165) is 52.2 Å². The van der Waals surface area contributed by atoms with E-state index < -0.39 is 0 Å². The number of nitrogens with zero attached hydrogens (tertiary/aromatic N) is 2. The van der Waals surface area contributed by atoms with Crippen LogP contribution in [0, 0.1) is 17.8 Å². The van der Waals surface area contributed by atoms with Gasteiger partial charge in [0.05, 0.1) is 0 Å². The molecular weight excluding hydrogens is 333 g/mol. The Morgan fingerprint density at radius 3 is 2.30 bits per heavy atom. The third-order valence-electron chi connectivity index (χ3n) is 4.98. The third-order valence-corrected chi connectivity index (χ3v) is 4.98. The monoisotopic (exact) mass is 367 g/mol. The molecule has 0 saturated carbocycles. The molecule has 138 valence electrons. The maximum atomic E-state index is 12.5. The van der Waals surface area contributed by atoms with Crippen LogP contribution in [0.2, 0.25) is 0 Å². The summed E-state index contributed by atoms with van der Waals surface area (Å²) in [5, 5.41) is 3.46. The van der Waals surface area contributed by atoms with Gasteiger partial charge in [0.1, 0.15) is 0 Å². The molecular formula is C17H35Cl2N3O. The summed E-state index contributed by atoms with van der Waals surface area (Å²) in [6.45, 7) is 14.1. The van der Waals surface area contributed by atoms with Crippen molar-refractivity contribution in [1.82, 2.24) is 15.1 Å². The first kappa shape index (κ1) is 23.0. The zero-order valence-electron chi connectivity index (χ0n) is 14.9. The Morgan fingerprint density at radius 1 is 1.13 bits per heavy atom. The summed E-state index contributed by atoms with van der Waals surface area (Å²) in [7, 11) is 0. The lowest BCUT2D eigenvalue weighted by Gasteiger charge is -2.36. The molecule has 0 spiro atoms. The lowest BCUT2D eigenvalue weighted by atomic mass is 9.85. The first-order valence-electron chi connectivity index (χ1n) is 8.77. The highest BCUT2D eigenvalue weighted by atomic mass is 35.5. The summed E-state index contributed by atoms with van der Waals surface area (Å²) in [6.07, 6.45) is 3.28. The van der Waals surface area contributed by atoms with Crippen LogP contribution >= 0.6 is 24.8 Å². The number of rotatable bonds is 5. The van der Waals surface area contributed by atoms with Gasteiger partial charge in [-0.15, -0.1) is 24.8 Å². The number of amides is 1. The van der Waals surface area contributed by atoms with E-state index in [9.17, 15) is 4.79 Å². The maximum absolute atomic E-state index is 12.5. The molecule has 1 amide bonds. The van der Waals surface area contributed by atoms with Crippen molar-refractivity contribution in [1.29, 1.82) is 0 Å². The molecule has 2 atom stereocenters. The van der Waals surface area contributed by atoms with Crippen LogP contribution in [0.5, 0.6) is 0 Å². The van der Waals surface area contributed by atoms with E-state index in [1.807, 2.05) is 0 Å². The SMILES string of the molecule is CC(C)CN1CCN(C(=O)CC(C)C2CCCNC2)CC1.Cl.Cl. The molecule has 2 rings (SSSR count). The maximum Gasteiger partial charge on any atom is 0.222 e. The topological polar surface area (TPSA) is 35.6 Å². The van der Waals surface area contributed by atoms with Gasteiger partial charge < -0.3 is 10.2 Å². The summed E-state index contributed by atoms with van der Waals surface area (Å²) < 4.78 is 0. The number of nitrogens with one attached hydrogen (secondary N) is 1. The second-order valence-electron chi connectivity index (χ2n) is 7.36. The average molecular weight is 368 g/mol. The molecule has 23 heavy (non-hydrogen) atoms. The van der Waals surface area contributed by atoms with Gasteiger partial charge in [-0.2, -0.15) is 0 Å². The Bertz CT molecular complexity index is 328. The Morgan fingerprint density at radius 2 is 1.78 bits per heavy atom. The van der Waals surface area contributed by atoms with Crippen LogP contribution in [0.25, 0.3) is 0 Å². The molecule has 0 aliphatic carbocycles. The van der Waals surface area contributed by atoms with E-state index in [2.05, 4.69) is 35.9 Å². The van der Waals surface area contributed by atoms with Crippen LogP contribution in [0.3, 0.4) is 0 Å². The van der Waals surface area contributed by atoms with Crippen molar-refractivity contribution < 1.29 is 4.79 Å². The van der Waals surface area contributed by atoms with Crippen molar-refractivity contribution in [3.8, 4) is 0 Å². The number of carbonyl (C=O) groups excluding carboxylic acids is 1. The van der Waals surface area contributed by atoms with E-state index >= 15 is 0 Å². The minimum Gasteiger partial charge on any atom is -0.340 e. The van der Waals surface area contributed by atoms with Crippen molar-refractivity contribution in [2.75, 3.05) is 45.8 Å². The quantitative estimate of drug-likeness (QED) is 0.811. The molecule has 2 fully saturated rings. The van der Waals surface area contributed by atoms with Crippen LogP contribution in [-0.4, -0.2) is 61.5 Å². The number of halogens is 2. The zero-order valence-corrected chi connectivity index (χ0v) is 16.6. The van der Waals surface area contributed by atoms with Gasteiger partial charge in [-0.1, -0.05) is 20.8 Å². The Balaban J connectivity index is 0.00000242. The second kappa shape index (κ2) is 11.5. The Kier molecular flexibility index (Phi) is 11.5. The minimum atomic E-state index is 0. The minimum absolute atomic E-state index is 0. The summed E-state index contributed by atoms with van der Waals surface area (Å²) in [6, 6.07) is 0. The van der Waals surface area contributed by atoms with Crippen LogP contribution in [0.1, 0.15) is 40.0 Å². The molecule has 0 aromatic carbocycles. The normalized spacial score (nSPS) is 23.8. The lowest BCUT2D eigenvalue weighted by Crippen LogP contribution is -2.50. The van der Waals surface area contributed by atoms with Gasteiger partial charge in [0.15, 0.2) is 0 Å². The van der Waals surface area contributed by atoms with E-state index in [4.69, 9.17) is 0 Å². The van der Waals surface area contributed by atoms with Gasteiger partial charge in [0.25, 0.3) is 0 Å². The first-order chi connectivity index (χ1) is 10.1. The predicted octanol–water partition coefficient (Wildman–Crippen LogP) is 2.66. The largest absolute Gasteiger partial charge is 0.340 e. The van der Waals surface area contributed by atoms with Crippen molar-refractivity contribution >= 4 is 30.7 Å². The van der Waals surface area contributed by atoms with E-state index in [-0.39, 0.29) is 24.8 Å². The number of hydrogen-bond acceptors (Lipinski definition) is 3. The summed E-state index contributed by atoms with van der Waals surface area (Å²) in [5.74, 6) is 2.28.